The first-order chi connectivity index (χ1) is 12.9. The van der Waals surface area contributed by atoms with Gasteiger partial charge >= 0.3 is 0 Å². The molecular weight excluding hydrogens is 394 g/mol. The second kappa shape index (κ2) is 8.02. The lowest BCUT2D eigenvalue weighted by Crippen LogP contribution is -2.37. The number of thiophene rings is 1. The molecule has 2 aromatic carbocycles. The molecule has 2 amide bonds. The smallest absolute Gasteiger partial charge is 0.265 e. The summed E-state index contributed by atoms with van der Waals surface area (Å²) < 4.78 is 28.2. The van der Waals surface area contributed by atoms with Gasteiger partial charge in [-0.25, -0.2) is 8.78 Å². The van der Waals surface area contributed by atoms with Crippen molar-refractivity contribution in [2.45, 2.75) is 6.92 Å². The SMILES string of the molecule is CCN(CC(=O)Nc1c(F)cccc1F)C(=O)c1sc2ccccc2c1Cl. The average molecular weight is 409 g/mol. The molecule has 8 heteroatoms. The highest BCUT2D eigenvalue weighted by molar-refractivity contribution is 7.21. The number of hydrogen-bond donors (Lipinski definition) is 1. The third kappa shape index (κ3) is 3.94. The number of rotatable bonds is 5. The molecule has 4 nitrogen and oxygen atoms in total. The van der Waals surface area contributed by atoms with Gasteiger partial charge in [-0.2, -0.15) is 0 Å². The molecule has 0 radical (unpaired) electrons. The predicted molar refractivity (Wildman–Crippen MR) is 103 cm³/mol. The lowest BCUT2D eigenvalue weighted by atomic mass is 10.2. The van der Waals surface area contributed by atoms with Gasteiger partial charge in [-0.1, -0.05) is 35.9 Å². The molecule has 0 aliphatic carbocycles. The lowest BCUT2D eigenvalue weighted by Gasteiger charge is -2.20. The number of nitrogens with zero attached hydrogens (tertiary/aromatic N) is 1. The van der Waals surface area contributed by atoms with E-state index in [1.165, 1.54) is 22.3 Å². The fraction of sp³-hybridized carbons (Fsp3) is 0.158. The van der Waals surface area contributed by atoms with E-state index in [0.717, 1.165) is 22.2 Å². The standard InChI is InChI=1S/C19H15ClF2N2O2S/c1-2-24(10-15(25)23-17-12(21)7-5-8-13(17)22)19(26)18-16(20)11-6-3-4-9-14(11)27-18/h3-9H,2,10H2,1H3,(H,23,25). The average Bonchev–Trinajstić information content (AvgIpc) is 2.99. The largest absolute Gasteiger partial charge is 0.329 e. The number of anilines is 1. The Morgan fingerprint density at radius 1 is 1.11 bits per heavy atom. The maximum atomic E-state index is 13.7. The third-order valence-corrected chi connectivity index (χ3v) is 5.62. The highest BCUT2D eigenvalue weighted by Gasteiger charge is 2.24. The van der Waals surface area contributed by atoms with Crippen LogP contribution in [-0.4, -0.2) is 29.8 Å². The first-order valence-electron chi connectivity index (χ1n) is 8.12. The van der Waals surface area contributed by atoms with Crippen LogP contribution in [0.5, 0.6) is 0 Å². The molecule has 0 aliphatic heterocycles. The van der Waals surface area contributed by atoms with Gasteiger partial charge in [-0.3, -0.25) is 9.59 Å². The van der Waals surface area contributed by atoms with Crippen LogP contribution in [0, 0.1) is 11.6 Å². The first kappa shape index (κ1) is 19.3. The molecule has 1 heterocycles. The second-order valence-electron chi connectivity index (χ2n) is 5.71. The van der Waals surface area contributed by atoms with E-state index in [-0.39, 0.29) is 13.1 Å². The van der Waals surface area contributed by atoms with Gasteiger partial charge < -0.3 is 10.2 Å². The Hall–Kier alpha value is -2.51. The Bertz CT molecular complexity index is 1000. The van der Waals surface area contributed by atoms with Crippen LogP contribution in [0.1, 0.15) is 16.6 Å². The van der Waals surface area contributed by atoms with Crippen molar-refractivity contribution in [3.05, 3.63) is 64.0 Å². The highest BCUT2D eigenvalue weighted by Crippen LogP contribution is 2.35. The number of benzene rings is 2. The molecule has 0 saturated carbocycles. The Balaban J connectivity index is 1.79. The van der Waals surface area contributed by atoms with Gasteiger partial charge in [0.1, 0.15) is 28.7 Å². The van der Waals surface area contributed by atoms with E-state index in [4.69, 9.17) is 11.6 Å². The van der Waals surface area contributed by atoms with Crippen LogP contribution in [0.4, 0.5) is 14.5 Å². The Morgan fingerprint density at radius 3 is 2.41 bits per heavy atom. The summed E-state index contributed by atoms with van der Waals surface area (Å²) in [5, 5.41) is 3.28. The topological polar surface area (TPSA) is 49.4 Å². The summed E-state index contributed by atoms with van der Waals surface area (Å²) in [5.74, 6) is -2.88. The number of hydrogen-bond acceptors (Lipinski definition) is 3. The van der Waals surface area contributed by atoms with Gasteiger partial charge in [0.15, 0.2) is 0 Å². The maximum Gasteiger partial charge on any atom is 0.265 e. The summed E-state index contributed by atoms with van der Waals surface area (Å²) in [6.45, 7) is 1.58. The number of halogens is 3. The number of carbonyl (C=O) groups is 2. The minimum absolute atomic E-state index is 0.233. The van der Waals surface area contributed by atoms with Gasteiger partial charge in [0.25, 0.3) is 5.91 Å². The zero-order chi connectivity index (χ0) is 19.6. The molecule has 27 heavy (non-hydrogen) atoms. The molecule has 140 valence electrons. The molecule has 0 aliphatic rings. The van der Waals surface area contributed by atoms with Crippen LogP contribution in [0.25, 0.3) is 10.1 Å². The van der Waals surface area contributed by atoms with E-state index in [1.807, 2.05) is 24.3 Å². The summed E-state index contributed by atoms with van der Waals surface area (Å²) in [5.41, 5.74) is -0.536. The normalized spacial score (nSPS) is 10.8. The number of likely N-dealkylation sites (N-methyl/N-ethyl adjacent to an activating group) is 1. The zero-order valence-electron chi connectivity index (χ0n) is 14.3. The summed E-state index contributed by atoms with van der Waals surface area (Å²) >= 11 is 7.56. The van der Waals surface area contributed by atoms with Crippen molar-refractivity contribution >= 4 is 50.5 Å². The van der Waals surface area contributed by atoms with E-state index >= 15 is 0 Å². The van der Waals surface area contributed by atoms with Crippen LogP contribution in [0.15, 0.2) is 42.5 Å². The van der Waals surface area contributed by atoms with Gasteiger partial charge in [-0.15, -0.1) is 11.3 Å². The number of para-hydroxylation sites is 1. The van der Waals surface area contributed by atoms with E-state index in [9.17, 15) is 18.4 Å². The third-order valence-electron chi connectivity index (χ3n) is 3.96. The fourth-order valence-electron chi connectivity index (χ4n) is 2.59. The molecule has 0 spiro atoms. The van der Waals surface area contributed by atoms with Crippen molar-refractivity contribution in [1.29, 1.82) is 0 Å². The van der Waals surface area contributed by atoms with Gasteiger partial charge in [0, 0.05) is 16.6 Å². The van der Waals surface area contributed by atoms with Crippen LogP contribution in [0.3, 0.4) is 0 Å². The monoisotopic (exact) mass is 408 g/mol. The van der Waals surface area contributed by atoms with Crippen LogP contribution in [-0.2, 0) is 4.79 Å². The van der Waals surface area contributed by atoms with Crippen molar-refractivity contribution in [3.63, 3.8) is 0 Å². The predicted octanol–water partition coefficient (Wildman–Crippen LogP) is 4.93. The van der Waals surface area contributed by atoms with Crippen molar-refractivity contribution in [1.82, 2.24) is 4.90 Å². The summed E-state index contributed by atoms with van der Waals surface area (Å²) in [6, 6.07) is 10.6. The van der Waals surface area contributed by atoms with Crippen LogP contribution in [0.2, 0.25) is 5.02 Å². The van der Waals surface area contributed by atoms with Gasteiger partial charge in [-0.05, 0) is 25.1 Å². The lowest BCUT2D eigenvalue weighted by molar-refractivity contribution is -0.116. The Morgan fingerprint density at radius 2 is 1.78 bits per heavy atom. The van der Waals surface area contributed by atoms with Crippen molar-refractivity contribution in [2.24, 2.45) is 0 Å². The minimum Gasteiger partial charge on any atom is -0.329 e. The van der Waals surface area contributed by atoms with Crippen molar-refractivity contribution < 1.29 is 18.4 Å². The molecular formula is C19H15ClF2N2O2S. The summed E-state index contributed by atoms with van der Waals surface area (Å²) in [6.07, 6.45) is 0. The number of amides is 2. The zero-order valence-corrected chi connectivity index (χ0v) is 15.8. The number of nitrogens with one attached hydrogen (secondary N) is 1. The van der Waals surface area contributed by atoms with Gasteiger partial charge in [0.05, 0.1) is 5.02 Å². The molecule has 1 aromatic heterocycles. The molecule has 0 atom stereocenters. The van der Waals surface area contributed by atoms with E-state index in [1.54, 1.807) is 6.92 Å². The van der Waals surface area contributed by atoms with Crippen LogP contribution < -0.4 is 5.32 Å². The van der Waals surface area contributed by atoms with E-state index < -0.39 is 29.1 Å². The molecule has 0 unspecified atom stereocenters. The molecule has 1 N–H and O–H groups in total. The highest BCUT2D eigenvalue weighted by atomic mass is 35.5. The first-order valence-corrected chi connectivity index (χ1v) is 9.32. The van der Waals surface area contributed by atoms with Crippen LogP contribution >= 0.6 is 22.9 Å². The quantitative estimate of drug-likeness (QED) is 0.650. The van der Waals surface area contributed by atoms with E-state index in [2.05, 4.69) is 5.32 Å². The number of fused-ring (bicyclic) bond motifs is 1. The van der Waals surface area contributed by atoms with Crippen molar-refractivity contribution in [2.75, 3.05) is 18.4 Å². The van der Waals surface area contributed by atoms with Crippen molar-refractivity contribution in [3.8, 4) is 0 Å². The Kier molecular flexibility index (Phi) is 5.72. The maximum absolute atomic E-state index is 13.7. The fourth-order valence-corrected chi connectivity index (χ4v) is 4.07. The minimum atomic E-state index is -0.884. The molecule has 3 aromatic rings. The Labute approximate surface area is 163 Å². The number of carbonyl (C=O) groups excluding carboxylic acids is 2. The second-order valence-corrected chi connectivity index (χ2v) is 7.14. The molecule has 0 bridgehead atoms. The summed E-state index contributed by atoms with van der Waals surface area (Å²) in [7, 11) is 0. The molecule has 0 fully saturated rings. The van der Waals surface area contributed by atoms with E-state index in [0.29, 0.717) is 9.90 Å². The molecule has 0 saturated heterocycles. The van der Waals surface area contributed by atoms with Gasteiger partial charge in [0.2, 0.25) is 5.91 Å². The summed E-state index contributed by atoms with van der Waals surface area (Å²) in [4.78, 5) is 26.6. The molecule has 3 rings (SSSR count).